The van der Waals surface area contributed by atoms with Gasteiger partial charge in [0.1, 0.15) is 17.9 Å². The highest BCUT2D eigenvalue weighted by molar-refractivity contribution is 7.19. The van der Waals surface area contributed by atoms with Crippen LogP contribution >= 0.6 is 22.9 Å². The Morgan fingerprint density at radius 2 is 2.00 bits per heavy atom. The highest BCUT2D eigenvalue weighted by Gasteiger charge is 2.20. The topological polar surface area (TPSA) is 39.9 Å². The van der Waals surface area contributed by atoms with Crippen LogP contribution in [0.15, 0.2) is 60.7 Å². The van der Waals surface area contributed by atoms with Crippen LogP contribution in [0.3, 0.4) is 0 Å². The first-order valence-corrected chi connectivity index (χ1v) is 10.9. The maximum Gasteiger partial charge on any atom is 0.187 e. The maximum atomic E-state index is 14.4. The van der Waals surface area contributed by atoms with Gasteiger partial charge in [0.25, 0.3) is 0 Å². The third kappa shape index (κ3) is 5.29. The van der Waals surface area contributed by atoms with E-state index in [0.717, 1.165) is 22.6 Å². The highest BCUT2D eigenvalue weighted by atomic mass is 35.5. The molecule has 0 amide bonds. The van der Waals surface area contributed by atoms with E-state index >= 15 is 0 Å². The lowest BCUT2D eigenvalue weighted by molar-refractivity contribution is 0.340. The van der Waals surface area contributed by atoms with Crippen molar-refractivity contribution in [3.8, 4) is 26.9 Å². The molecule has 8 heteroatoms. The van der Waals surface area contributed by atoms with Crippen LogP contribution in [0.5, 0.6) is 5.75 Å². The summed E-state index contributed by atoms with van der Waals surface area (Å²) in [5.74, 6) is 0.419. The van der Waals surface area contributed by atoms with Crippen molar-refractivity contribution in [3.63, 3.8) is 0 Å². The van der Waals surface area contributed by atoms with Gasteiger partial charge in [-0.25, -0.2) is 18.4 Å². The second-order valence-corrected chi connectivity index (χ2v) is 7.96. The van der Waals surface area contributed by atoms with Gasteiger partial charge in [0.2, 0.25) is 0 Å². The van der Waals surface area contributed by atoms with Crippen molar-refractivity contribution in [3.05, 3.63) is 71.6 Å². The summed E-state index contributed by atoms with van der Waals surface area (Å²) in [7, 11) is 1.66. The molecule has 0 spiro atoms. The number of halogens is 3. The number of allylic oxidation sites excluding steroid dienone is 5. The Labute approximate surface area is 189 Å². The molecule has 0 saturated carbocycles. The number of aryl methyl sites for hydroxylation is 1. The lowest BCUT2D eigenvalue weighted by atomic mass is 10.2. The summed E-state index contributed by atoms with van der Waals surface area (Å²) in [5, 5.41) is 4.68. The molecular formula is C23H22ClF2N3OS. The number of hydrogen-bond donors (Lipinski definition) is 0. The van der Waals surface area contributed by atoms with E-state index in [1.165, 1.54) is 28.2 Å². The van der Waals surface area contributed by atoms with E-state index in [2.05, 4.69) is 10.1 Å². The summed E-state index contributed by atoms with van der Waals surface area (Å²) in [6.45, 7) is 4.46. The lowest BCUT2D eigenvalue weighted by Crippen LogP contribution is -1.94. The normalized spacial score (nSPS) is 12.7. The summed E-state index contributed by atoms with van der Waals surface area (Å²) >= 11 is 7.90. The largest absolute Gasteiger partial charge is 0.494 e. The molecule has 31 heavy (non-hydrogen) atoms. The predicted octanol–water partition coefficient (Wildman–Crippen LogP) is 7.39. The van der Waals surface area contributed by atoms with Crippen LogP contribution in [0.1, 0.15) is 26.1 Å². The molecule has 4 nitrogen and oxygen atoms in total. The summed E-state index contributed by atoms with van der Waals surface area (Å²) in [6.07, 6.45) is 5.40. The van der Waals surface area contributed by atoms with Gasteiger partial charge in [0, 0.05) is 11.9 Å². The lowest BCUT2D eigenvalue weighted by Gasteiger charge is -2.03. The van der Waals surface area contributed by atoms with Gasteiger partial charge < -0.3 is 4.74 Å². The molecule has 0 radical (unpaired) electrons. The summed E-state index contributed by atoms with van der Waals surface area (Å²) in [6, 6.07) is 9.54. The smallest absolute Gasteiger partial charge is 0.187 e. The first-order valence-electron chi connectivity index (χ1n) is 9.75. The van der Waals surface area contributed by atoms with Crippen molar-refractivity contribution in [2.45, 2.75) is 20.3 Å². The molecule has 0 unspecified atom stereocenters. The summed E-state index contributed by atoms with van der Waals surface area (Å²) in [4.78, 5) is 5.95. The van der Waals surface area contributed by atoms with Gasteiger partial charge in [-0.3, -0.25) is 0 Å². The van der Waals surface area contributed by atoms with E-state index in [1.807, 2.05) is 44.2 Å². The van der Waals surface area contributed by atoms with Crippen molar-refractivity contribution in [1.29, 1.82) is 0 Å². The Morgan fingerprint density at radius 1 is 1.26 bits per heavy atom. The third-order valence-corrected chi connectivity index (χ3v) is 5.91. The number of ether oxygens (including phenoxy) is 1. The Kier molecular flexibility index (Phi) is 7.76. The quantitative estimate of drug-likeness (QED) is 0.328. The monoisotopic (exact) mass is 461 g/mol. The SMILES string of the molecule is CC\C=C/C=C(F)\C(=C\F)c1nc(-c2sc(-c3ccc(OCC)cc3)cc2Cl)n(C)n1. The van der Waals surface area contributed by atoms with Gasteiger partial charge in [0.05, 0.1) is 22.1 Å². The first kappa shape index (κ1) is 22.9. The van der Waals surface area contributed by atoms with E-state index in [9.17, 15) is 8.78 Å². The molecule has 0 saturated heterocycles. The molecule has 0 fully saturated rings. The Bertz CT molecular complexity index is 1130. The van der Waals surface area contributed by atoms with Gasteiger partial charge in [0.15, 0.2) is 11.6 Å². The van der Waals surface area contributed by atoms with Crippen molar-refractivity contribution in [1.82, 2.24) is 14.8 Å². The summed E-state index contributed by atoms with van der Waals surface area (Å²) in [5.41, 5.74) is 0.659. The number of rotatable bonds is 8. The number of hydrogen-bond acceptors (Lipinski definition) is 4. The molecule has 0 aliphatic rings. The average molecular weight is 462 g/mol. The van der Waals surface area contributed by atoms with Crippen LogP contribution in [0, 0.1) is 0 Å². The van der Waals surface area contributed by atoms with Crippen LogP contribution in [-0.2, 0) is 7.05 Å². The molecule has 0 aliphatic heterocycles. The van der Waals surface area contributed by atoms with E-state index in [-0.39, 0.29) is 17.7 Å². The molecule has 1 aromatic carbocycles. The number of benzene rings is 1. The molecule has 2 aromatic heterocycles. The van der Waals surface area contributed by atoms with E-state index < -0.39 is 5.83 Å². The van der Waals surface area contributed by atoms with Gasteiger partial charge in [-0.05, 0) is 55.3 Å². The molecule has 3 rings (SSSR count). The Morgan fingerprint density at radius 3 is 2.65 bits per heavy atom. The molecule has 0 aliphatic carbocycles. The highest BCUT2D eigenvalue weighted by Crippen LogP contribution is 2.41. The van der Waals surface area contributed by atoms with Crippen molar-refractivity contribution in [2.75, 3.05) is 6.61 Å². The van der Waals surface area contributed by atoms with Gasteiger partial charge in [-0.1, -0.05) is 30.7 Å². The molecule has 0 N–H and O–H groups in total. The standard InChI is InChI=1S/C23H22ClF2N3OS/c1-4-6-7-8-19(26)17(14-25)22-27-23(29(3)28-22)21-18(24)13-20(31-21)15-9-11-16(12-10-15)30-5-2/h6-14H,4-5H2,1-3H3/b7-6-,17-14-,19-8+. The van der Waals surface area contributed by atoms with Crippen molar-refractivity contribution in [2.24, 2.45) is 7.05 Å². The Balaban J connectivity index is 1.93. The second-order valence-electron chi connectivity index (χ2n) is 6.50. The zero-order valence-corrected chi connectivity index (χ0v) is 19.0. The minimum atomic E-state index is -0.753. The molecular weight excluding hydrogens is 440 g/mol. The molecule has 3 aromatic rings. The number of aromatic nitrogens is 3. The zero-order valence-electron chi connectivity index (χ0n) is 17.4. The van der Waals surface area contributed by atoms with Crippen LogP contribution in [0.25, 0.3) is 26.7 Å². The van der Waals surface area contributed by atoms with Gasteiger partial charge in [-0.2, -0.15) is 5.10 Å². The average Bonchev–Trinajstić information content (AvgIpc) is 3.32. The second kappa shape index (κ2) is 10.5. The predicted molar refractivity (Wildman–Crippen MR) is 124 cm³/mol. The van der Waals surface area contributed by atoms with Crippen LogP contribution < -0.4 is 4.74 Å². The minimum Gasteiger partial charge on any atom is -0.494 e. The fourth-order valence-corrected chi connectivity index (χ4v) is 4.28. The van der Waals surface area contributed by atoms with Crippen LogP contribution in [0.4, 0.5) is 8.78 Å². The number of thiophene rings is 1. The molecule has 0 bridgehead atoms. The molecule has 2 heterocycles. The van der Waals surface area contributed by atoms with E-state index in [0.29, 0.717) is 22.3 Å². The van der Waals surface area contributed by atoms with Gasteiger partial charge in [-0.15, -0.1) is 11.3 Å². The van der Waals surface area contributed by atoms with Crippen molar-refractivity contribution < 1.29 is 13.5 Å². The zero-order chi connectivity index (χ0) is 22.4. The van der Waals surface area contributed by atoms with E-state index in [4.69, 9.17) is 16.3 Å². The first-order chi connectivity index (χ1) is 15.0. The minimum absolute atomic E-state index is 0.0502. The van der Waals surface area contributed by atoms with Crippen LogP contribution in [-0.4, -0.2) is 21.4 Å². The van der Waals surface area contributed by atoms with Crippen LogP contribution in [0.2, 0.25) is 5.02 Å². The fraction of sp³-hybridized carbons (Fsp3) is 0.217. The summed E-state index contributed by atoms with van der Waals surface area (Å²) < 4.78 is 34.8. The maximum absolute atomic E-state index is 14.4. The number of nitrogens with zero attached hydrogens (tertiary/aromatic N) is 3. The molecule has 162 valence electrons. The Hall–Kier alpha value is -2.77. The molecule has 0 atom stereocenters. The van der Waals surface area contributed by atoms with Gasteiger partial charge >= 0.3 is 0 Å². The van der Waals surface area contributed by atoms with E-state index in [1.54, 1.807) is 13.1 Å². The van der Waals surface area contributed by atoms with Crippen molar-refractivity contribution >= 4 is 28.5 Å². The fourth-order valence-electron chi connectivity index (χ4n) is 2.83. The third-order valence-electron chi connectivity index (χ3n) is 4.32.